The lowest BCUT2D eigenvalue weighted by atomic mass is 10.2. The van der Waals surface area contributed by atoms with E-state index in [2.05, 4.69) is 11.8 Å². The fourth-order valence-corrected chi connectivity index (χ4v) is 1.64. The number of unbranched alkanes of at least 4 members (excludes halogenated alkanes) is 2. The molecule has 0 bridgehead atoms. The second kappa shape index (κ2) is 16.5. The molecule has 0 aromatic rings. The van der Waals surface area contributed by atoms with Crippen molar-refractivity contribution in [3.05, 3.63) is 0 Å². The second-order valence-electron chi connectivity index (χ2n) is 2.93. The quantitative estimate of drug-likeness (QED) is 0.484. The van der Waals surface area contributed by atoms with Crippen molar-refractivity contribution in [2.75, 3.05) is 31.4 Å². The van der Waals surface area contributed by atoms with Crippen LogP contribution in [0.3, 0.4) is 0 Å². The first-order valence-corrected chi connectivity index (χ1v) is 5.76. The summed E-state index contributed by atoms with van der Waals surface area (Å²) >= 11 is 11.3. The van der Waals surface area contributed by atoms with E-state index in [1.807, 2.05) is 0 Å². The summed E-state index contributed by atoms with van der Waals surface area (Å²) in [4.78, 5) is 2.33. The third-order valence-electron chi connectivity index (χ3n) is 1.88. The molecule has 0 radical (unpaired) electrons. The molecule has 0 atom stereocenters. The Morgan fingerprint density at radius 1 is 0.857 bits per heavy atom. The molecule has 90 valence electrons. The Morgan fingerprint density at radius 2 is 1.36 bits per heavy atom. The fourth-order valence-electron chi connectivity index (χ4n) is 1.16. The number of halogens is 4. The monoisotopic (exact) mass is 283 g/mol. The minimum absolute atomic E-state index is 0. The number of hydrogen-bond acceptors (Lipinski definition) is 1. The molecule has 0 unspecified atom stereocenters. The van der Waals surface area contributed by atoms with Gasteiger partial charge in [0.05, 0.1) is 0 Å². The molecule has 0 fully saturated rings. The molecule has 0 saturated carbocycles. The van der Waals surface area contributed by atoms with Crippen LogP contribution in [0.25, 0.3) is 0 Å². The van der Waals surface area contributed by atoms with Crippen molar-refractivity contribution in [2.24, 2.45) is 0 Å². The Hall–Kier alpha value is 1.12. The summed E-state index contributed by atoms with van der Waals surface area (Å²) in [6, 6.07) is 0. The van der Waals surface area contributed by atoms with E-state index in [0.717, 1.165) is 19.6 Å². The topological polar surface area (TPSA) is 3.24 Å². The first-order chi connectivity index (χ1) is 5.85. The van der Waals surface area contributed by atoms with Crippen molar-refractivity contribution in [1.82, 2.24) is 4.90 Å². The van der Waals surface area contributed by atoms with Crippen molar-refractivity contribution < 1.29 is 0 Å². The molecule has 0 aromatic heterocycles. The van der Waals surface area contributed by atoms with E-state index >= 15 is 0 Å². The zero-order chi connectivity index (χ0) is 9.23. The maximum Gasteiger partial charge on any atom is 0.0351 e. The SMILES string of the molecule is CCCCCN(CCCl)CCCl.Cl.Cl. The summed E-state index contributed by atoms with van der Waals surface area (Å²) in [5.41, 5.74) is 0. The van der Waals surface area contributed by atoms with Gasteiger partial charge in [0.15, 0.2) is 0 Å². The molecule has 0 aliphatic carbocycles. The molecule has 5 heteroatoms. The summed E-state index contributed by atoms with van der Waals surface area (Å²) in [5, 5.41) is 0. The first kappa shape index (κ1) is 20.5. The molecule has 0 spiro atoms. The van der Waals surface area contributed by atoms with E-state index in [1.165, 1.54) is 19.3 Å². The van der Waals surface area contributed by atoms with Gasteiger partial charge in [0.25, 0.3) is 0 Å². The van der Waals surface area contributed by atoms with Gasteiger partial charge in [-0.2, -0.15) is 0 Å². The van der Waals surface area contributed by atoms with Crippen LogP contribution in [0.1, 0.15) is 26.2 Å². The van der Waals surface area contributed by atoms with Crippen molar-refractivity contribution in [3.8, 4) is 0 Å². The maximum atomic E-state index is 5.66. The molecule has 0 saturated heterocycles. The molecule has 1 nitrogen and oxygen atoms in total. The van der Waals surface area contributed by atoms with E-state index in [1.54, 1.807) is 0 Å². The molecule has 0 N–H and O–H groups in total. The average molecular weight is 285 g/mol. The summed E-state index contributed by atoms with van der Waals surface area (Å²) in [6.07, 6.45) is 3.85. The fraction of sp³-hybridized carbons (Fsp3) is 1.00. The third kappa shape index (κ3) is 13.1. The van der Waals surface area contributed by atoms with Gasteiger partial charge in [-0.3, -0.25) is 0 Å². The third-order valence-corrected chi connectivity index (χ3v) is 2.22. The van der Waals surface area contributed by atoms with Gasteiger partial charge >= 0.3 is 0 Å². The van der Waals surface area contributed by atoms with Crippen LogP contribution < -0.4 is 0 Å². The van der Waals surface area contributed by atoms with Gasteiger partial charge < -0.3 is 4.90 Å². The Kier molecular flexibility index (Phi) is 24.3. The molecular weight excluding hydrogens is 264 g/mol. The van der Waals surface area contributed by atoms with E-state index < -0.39 is 0 Å². The van der Waals surface area contributed by atoms with E-state index in [4.69, 9.17) is 23.2 Å². The molecule has 0 heterocycles. The van der Waals surface area contributed by atoms with Crippen molar-refractivity contribution in [1.29, 1.82) is 0 Å². The van der Waals surface area contributed by atoms with E-state index in [9.17, 15) is 0 Å². The molecule has 0 aliphatic rings. The smallest absolute Gasteiger partial charge is 0.0351 e. The highest BCUT2D eigenvalue weighted by Gasteiger charge is 2.01. The van der Waals surface area contributed by atoms with Crippen LogP contribution in [0.5, 0.6) is 0 Å². The molecule has 0 aliphatic heterocycles. The number of nitrogens with zero attached hydrogens (tertiary/aromatic N) is 1. The maximum absolute atomic E-state index is 5.66. The minimum Gasteiger partial charge on any atom is -0.301 e. The largest absolute Gasteiger partial charge is 0.301 e. The predicted octanol–water partition coefficient (Wildman–Crippen LogP) is 3.80. The lowest BCUT2D eigenvalue weighted by Crippen LogP contribution is -2.28. The Balaban J connectivity index is -0.000000605. The number of alkyl halides is 2. The highest BCUT2D eigenvalue weighted by atomic mass is 35.5. The van der Waals surface area contributed by atoms with Gasteiger partial charge in [-0.25, -0.2) is 0 Å². The van der Waals surface area contributed by atoms with Crippen LogP contribution in [0.4, 0.5) is 0 Å². The Morgan fingerprint density at radius 3 is 1.71 bits per heavy atom. The summed E-state index contributed by atoms with van der Waals surface area (Å²) in [6.45, 7) is 5.30. The van der Waals surface area contributed by atoms with Gasteiger partial charge in [0.2, 0.25) is 0 Å². The number of hydrogen-bond donors (Lipinski definition) is 0. The molecule has 0 amide bonds. The van der Waals surface area contributed by atoms with Crippen LogP contribution in [0.15, 0.2) is 0 Å². The Bertz CT molecular complexity index is 86.9. The lowest BCUT2D eigenvalue weighted by molar-refractivity contribution is 0.300. The predicted molar refractivity (Wildman–Crippen MR) is 71.9 cm³/mol. The zero-order valence-electron chi connectivity index (χ0n) is 8.68. The average Bonchev–Trinajstić information content (AvgIpc) is 2.06. The van der Waals surface area contributed by atoms with Crippen molar-refractivity contribution in [3.63, 3.8) is 0 Å². The van der Waals surface area contributed by atoms with Gasteiger partial charge in [0.1, 0.15) is 0 Å². The van der Waals surface area contributed by atoms with Crippen LogP contribution >= 0.6 is 48.0 Å². The lowest BCUT2D eigenvalue weighted by Gasteiger charge is -2.19. The zero-order valence-corrected chi connectivity index (χ0v) is 11.8. The summed E-state index contributed by atoms with van der Waals surface area (Å²) < 4.78 is 0. The molecular formula is C9H21Cl4N. The van der Waals surface area contributed by atoms with Gasteiger partial charge in [-0.05, 0) is 13.0 Å². The van der Waals surface area contributed by atoms with Gasteiger partial charge in [0, 0.05) is 24.8 Å². The number of rotatable bonds is 8. The molecule has 14 heavy (non-hydrogen) atoms. The van der Waals surface area contributed by atoms with Crippen molar-refractivity contribution in [2.45, 2.75) is 26.2 Å². The highest BCUT2D eigenvalue weighted by molar-refractivity contribution is 6.18. The molecule has 0 rings (SSSR count). The second-order valence-corrected chi connectivity index (χ2v) is 3.68. The van der Waals surface area contributed by atoms with E-state index in [-0.39, 0.29) is 24.8 Å². The van der Waals surface area contributed by atoms with Crippen LogP contribution in [-0.2, 0) is 0 Å². The molecule has 0 aromatic carbocycles. The van der Waals surface area contributed by atoms with Gasteiger partial charge in [-0.15, -0.1) is 48.0 Å². The summed E-state index contributed by atoms with van der Waals surface area (Å²) in [7, 11) is 0. The van der Waals surface area contributed by atoms with Gasteiger partial charge in [-0.1, -0.05) is 19.8 Å². The van der Waals surface area contributed by atoms with Crippen LogP contribution in [0, 0.1) is 0 Å². The highest BCUT2D eigenvalue weighted by Crippen LogP contribution is 1.99. The van der Waals surface area contributed by atoms with Crippen LogP contribution in [0.2, 0.25) is 0 Å². The van der Waals surface area contributed by atoms with Crippen molar-refractivity contribution >= 4 is 48.0 Å². The van der Waals surface area contributed by atoms with E-state index in [0.29, 0.717) is 11.8 Å². The minimum atomic E-state index is 0. The van der Waals surface area contributed by atoms with Crippen LogP contribution in [-0.4, -0.2) is 36.3 Å². The normalized spacial score (nSPS) is 9.43. The first-order valence-electron chi connectivity index (χ1n) is 4.69. The summed E-state index contributed by atoms with van der Waals surface area (Å²) in [5.74, 6) is 1.42. The standard InChI is InChI=1S/C9H19Cl2N.2ClH/c1-2-3-4-7-12(8-5-10)9-6-11;;/h2-9H2,1H3;2*1H. The Labute approximate surface area is 110 Å².